The van der Waals surface area contributed by atoms with Crippen molar-refractivity contribution in [2.45, 2.75) is 26.3 Å². The van der Waals surface area contributed by atoms with E-state index in [1.165, 1.54) is 16.8 Å². The highest BCUT2D eigenvalue weighted by atomic mass is 32.2. The smallest absolute Gasteiger partial charge is 0.311 e. The van der Waals surface area contributed by atoms with Gasteiger partial charge in [-0.1, -0.05) is 0 Å². The fourth-order valence-electron chi connectivity index (χ4n) is 3.12. The molecule has 0 radical (unpaired) electrons. The zero-order valence-electron chi connectivity index (χ0n) is 15.4. The van der Waals surface area contributed by atoms with Gasteiger partial charge >= 0.3 is 5.69 Å². The van der Waals surface area contributed by atoms with Gasteiger partial charge in [0.25, 0.3) is 5.91 Å². The number of nitro benzene ring substituents is 1. The maximum absolute atomic E-state index is 12.6. The first-order valence-corrected chi connectivity index (χ1v) is 10.5. The Balaban J connectivity index is 1.86. The summed E-state index contributed by atoms with van der Waals surface area (Å²) in [5.74, 6) is -0.0870. The molecule has 11 heteroatoms. The van der Waals surface area contributed by atoms with Gasteiger partial charge in [0.1, 0.15) is 5.82 Å². The normalized spacial score (nSPS) is 18.0. The summed E-state index contributed by atoms with van der Waals surface area (Å²) in [6, 6.07) is 5.23. The first kappa shape index (κ1) is 19.8. The first-order chi connectivity index (χ1) is 13.2. The highest BCUT2D eigenvalue weighted by molar-refractivity contribution is 7.91. The number of benzene rings is 1. The molecule has 0 bridgehead atoms. The van der Waals surface area contributed by atoms with Crippen molar-refractivity contribution in [1.82, 2.24) is 9.78 Å². The molecule has 2 aromatic rings. The van der Waals surface area contributed by atoms with Gasteiger partial charge in [-0.3, -0.25) is 14.9 Å². The molecule has 1 aromatic carbocycles. The van der Waals surface area contributed by atoms with Crippen molar-refractivity contribution in [1.29, 1.82) is 0 Å². The molecule has 0 aliphatic carbocycles. The van der Waals surface area contributed by atoms with Crippen LogP contribution in [0.3, 0.4) is 0 Å². The van der Waals surface area contributed by atoms with Crippen molar-refractivity contribution < 1.29 is 22.9 Å². The number of anilines is 1. The second-order valence-electron chi connectivity index (χ2n) is 6.50. The van der Waals surface area contributed by atoms with Crippen LogP contribution >= 0.6 is 0 Å². The molecule has 0 saturated carbocycles. The zero-order valence-corrected chi connectivity index (χ0v) is 16.2. The van der Waals surface area contributed by atoms with Gasteiger partial charge in [-0.25, -0.2) is 13.1 Å². The second-order valence-corrected chi connectivity index (χ2v) is 8.73. The third-order valence-corrected chi connectivity index (χ3v) is 6.12. The number of amides is 1. The van der Waals surface area contributed by atoms with Crippen molar-refractivity contribution in [2.75, 3.05) is 23.4 Å². The summed E-state index contributed by atoms with van der Waals surface area (Å²) in [5.41, 5.74) is 0.401. The summed E-state index contributed by atoms with van der Waals surface area (Å²) in [5, 5.41) is 18.2. The van der Waals surface area contributed by atoms with Gasteiger partial charge in [0.15, 0.2) is 15.6 Å². The van der Waals surface area contributed by atoms with E-state index in [1.807, 2.05) is 0 Å². The molecule has 2 heterocycles. The third-order valence-electron chi connectivity index (χ3n) is 4.37. The van der Waals surface area contributed by atoms with Crippen molar-refractivity contribution in [2.24, 2.45) is 0 Å². The summed E-state index contributed by atoms with van der Waals surface area (Å²) in [4.78, 5) is 23.3. The average Bonchev–Trinajstić information content (AvgIpc) is 3.16. The lowest BCUT2D eigenvalue weighted by molar-refractivity contribution is -0.385. The van der Waals surface area contributed by atoms with Gasteiger partial charge in [0, 0.05) is 17.7 Å². The highest BCUT2D eigenvalue weighted by Crippen LogP contribution is 2.30. The Morgan fingerprint density at radius 2 is 2.18 bits per heavy atom. The lowest BCUT2D eigenvalue weighted by Crippen LogP contribution is -2.19. The summed E-state index contributed by atoms with van der Waals surface area (Å²) in [6.45, 7) is 3.70. The lowest BCUT2D eigenvalue weighted by atomic mass is 10.1. The number of nitrogens with one attached hydrogen (secondary N) is 1. The van der Waals surface area contributed by atoms with Crippen LogP contribution in [0.4, 0.5) is 11.5 Å². The number of sulfone groups is 1. The molecule has 150 valence electrons. The zero-order chi connectivity index (χ0) is 20.5. The summed E-state index contributed by atoms with van der Waals surface area (Å²) in [6.07, 6.45) is 0.418. The van der Waals surface area contributed by atoms with E-state index >= 15 is 0 Å². The number of hydrogen-bond acceptors (Lipinski definition) is 7. The van der Waals surface area contributed by atoms with Crippen LogP contribution in [0, 0.1) is 17.0 Å². The average molecular weight is 408 g/mol. The van der Waals surface area contributed by atoms with Gasteiger partial charge < -0.3 is 10.1 Å². The number of aryl methyl sites for hydroxylation is 1. The SMILES string of the molecule is CCOc1ccc(C(=O)Nc2cc(C)nn2[C@H]2CCS(=O)(=O)C2)cc1[N+](=O)[O-]. The number of carbonyl (C=O) groups is 1. The van der Waals surface area contributed by atoms with Crippen molar-refractivity contribution in [3.05, 3.63) is 45.6 Å². The molecule has 1 N–H and O–H groups in total. The minimum Gasteiger partial charge on any atom is -0.487 e. The summed E-state index contributed by atoms with van der Waals surface area (Å²) in [7, 11) is -3.12. The van der Waals surface area contributed by atoms with E-state index in [-0.39, 0.29) is 41.2 Å². The molecule has 28 heavy (non-hydrogen) atoms. The molecule has 10 nitrogen and oxygen atoms in total. The second kappa shape index (κ2) is 7.58. The molecule has 1 aliphatic rings. The number of carbonyl (C=O) groups excluding carboxylic acids is 1. The summed E-state index contributed by atoms with van der Waals surface area (Å²) >= 11 is 0. The van der Waals surface area contributed by atoms with Crippen LogP contribution in [0.1, 0.15) is 35.4 Å². The molecule has 1 aromatic heterocycles. The lowest BCUT2D eigenvalue weighted by Gasteiger charge is -2.14. The predicted octanol–water partition coefficient (Wildman–Crippen LogP) is 2.11. The van der Waals surface area contributed by atoms with Gasteiger partial charge in [0.05, 0.1) is 34.8 Å². The Hall–Kier alpha value is -2.95. The molecule has 3 rings (SSSR count). The van der Waals surface area contributed by atoms with E-state index < -0.39 is 20.7 Å². The molecule has 1 saturated heterocycles. The molecular formula is C17H20N4O6S. The molecule has 0 unspecified atom stereocenters. The van der Waals surface area contributed by atoms with Crippen molar-refractivity contribution >= 4 is 27.2 Å². The Bertz CT molecular complexity index is 1030. The maximum Gasteiger partial charge on any atom is 0.311 e. The van der Waals surface area contributed by atoms with Crippen LogP contribution in [-0.2, 0) is 9.84 Å². The standard InChI is InChI=1S/C17H20N4O6S/c1-3-27-15-5-4-12(9-14(15)21(23)24)17(22)18-16-8-11(2)19-20(16)13-6-7-28(25,26)10-13/h4-5,8-9,13H,3,6-7,10H2,1-2H3,(H,18,22)/t13-/m0/s1. The predicted molar refractivity (Wildman–Crippen MR) is 101 cm³/mol. The van der Waals surface area contributed by atoms with Gasteiger partial charge in [-0.15, -0.1) is 0 Å². The quantitative estimate of drug-likeness (QED) is 0.571. The van der Waals surface area contributed by atoms with E-state index in [2.05, 4.69) is 10.4 Å². The van der Waals surface area contributed by atoms with Gasteiger partial charge in [0.2, 0.25) is 0 Å². The number of nitro groups is 1. The largest absolute Gasteiger partial charge is 0.487 e. The molecular weight excluding hydrogens is 388 g/mol. The molecule has 1 atom stereocenters. The number of hydrogen-bond donors (Lipinski definition) is 1. The molecule has 1 amide bonds. The van der Waals surface area contributed by atoms with Crippen LogP contribution in [0.2, 0.25) is 0 Å². The fourth-order valence-corrected chi connectivity index (χ4v) is 4.82. The van der Waals surface area contributed by atoms with Crippen LogP contribution in [0.15, 0.2) is 24.3 Å². The number of ether oxygens (including phenoxy) is 1. The number of rotatable bonds is 6. The fraction of sp³-hybridized carbons (Fsp3) is 0.412. The van der Waals surface area contributed by atoms with E-state index in [4.69, 9.17) is 4.74 Å². The van der Waals surface area contributed by atoms with Crippen LogP contribution in [0.25, 0.3) is 0 Å². The first-order valence-electron chi connectivity index (χ1n) is 8.69. The Kier molecular flexibility index (Phi) is 5.36. The molecule has 1 aliphatic heterocycles. The Morgan fingerprint density at radius 1 is 1.43 bits per heavy atom. The van der Waals surface area contributed by atoms with Gasteiger partial charge in [-0.2, -0.15) is 5.10 Å². The topological polar surface area (TPSA) is 133 Å². The van der Waals surface area contributed by atoms with Crippen LogP contribution in [0.5, 0.6) is 5.75 Å². The monoisotopic (exact) mass is 408 g/mol. The van der Waals surface area contributed by atoms with E-state index in [0.29, 0.717) is 17.9 Å². The van der Waals surface area contributed by atoms with Crippen molar-refractivity contribution in [3.8, 4) is 5.75 Å². The third kappa shape index (κ3) is 4.14. The van der Waals surface area contributed by atoms with Crippen LogP contribution in [-0.4, -0.2) is 47.1 Å². The molecule has 1 fully saturated rings. The minimum absolute atomic E-state index is 0.0362. The summed E-state index contributed by atoms with van der Waals surface area (Å²) < 4.78 is 30.2. The van der Waals surface area contributed by atoms with E-state index in [0.717, 1.165) is 6.07 Å². The number of nitrogens with zero attached hydrogens (tertiary/aromatic N) is 3. The number of aromatic nitrogens is 2. The van der Waals surface area contributed by atoms with Crippen LogP contribution < -0.4 is 10.1 Å². The van der Waals surface area contributed by atoms with E-state index in [1.54, 1.807) is 19.9 Å². The Labute approximate surface area is 161 Å². The van der Waals surface area contributed by atoms with Crippen molar-refractivity contribution in [3.63, 3.8) is 0 Å². The minimum atomic E-state index is -3.12. The molecule has 0 spiro atoms. The van der Waals surface area contributed by atoms with E-state index in [9.17, 15) is 23.3 Å². The highest BCUT2D eigenvalue weighted by Gasteiger charge is 2.31. The Morgan fingerprint density at radius 3 is 2.79 bits per heavy atom. The maximum atomic E-state index is 12.6. The van der Waals surface area contributed by atoms with Gasteiger partial charge in [-0.05, 0) is 32.4 Å².